The van der Waals surface area contributed by atoms with Gasteiger partial charge < -0.3 is 4.57 Å². The van der Waals surface area contributed by atoms with Gasteiger partial charge in [0.1, 0.15) is 0 Å². The van der Waals surface area contributed by atoms with Gasteiger partial charge in [-0.15, -0.1) is 0 Å². The summed E-state index contributed by atoms with van der Waals surface area (Å²) in [5.41, 5.74) is 12.1. The normalized spacial score (nSPS) is 13.8. The lowest BCUT2D eigenvalue weighted by Gasteiger charge is -2.22. The molecule has 0 N–H and O–H groups in total. The number of aromatic nitrogens is 1. The van der Waals surface area contributed by atoms with Crippen molar-refractivity contribution < 1.29 is 0 Å². The van der Waals surface area contributed by atoms with Crippen molar-refractivity contribution in [2.45, 2.75) is 25.7 Å². The van der Waals surface area contributed by atoms with Crippen molar-refractivity contribution in [1.29, 1.82) is 0 Å². The van der Waals surface area contributed by atoms with Gasteiger partial charge in [-0.05, 0) is 64.1 Å². The molecule has 0 unspecified atom stereocenters. The van der Waals surface area contributed by atoms with E-state index >= 15 is 0 Å². The molecule has 0 fully saturated rings. The van der Waals surface area contributed by atoms with Crippen LogP contribution in [-0.2, 0) is 11.8 Å². The molecule has 0 spiro atoms. The van der Waals surface area contributed by atoms with Crippen molar-refractivity contribution in [3.05, 3.63) is 138 Å². The van der Waals surface area contributed by atoms with Gasteiger partial charge in [0.25, 0.3) is 0 Å². The molecule has 0 radical (unpaired) electrons. The van der Waals surface area contributed by atoms with Gasteiger partial charge in [0, 0.05) is 21.9 Å². The Kier molecular flexibility index (Phi) is 4.32. The molecule has 5 aromatic carbocycles. The maximum absolute atomic E-state index is 2.43. The predicted octanol–water partition coefficient (Wildman–Crippen LogP) is 8.68. The van der Waals surface area contributed by atoms with Crippen molar-refractivity contribution in [1.82, 2.24) is 4.57 Å². The number of hydrogen-bond acceptors (Lipinski definition) is 0. The highest BCUT2D eigenvalue weighted by Gasteiger charge is 2.35. The van der Waals surface area contributed by atoms with Crippen molar-refractivity contribution in [3.63, 3.8) is 0 Å². The second kappa shape index (κ2) is 7.45. The lowest BCUT2D eigenvalue weighted by Crippen LogP contribution is -2.15. The van der Waals surface area contributed by atoms with E-state index in [2.05, 4.69) is 134 Å². The molecule has 0 bridgehead atoms. The summed E-state index contributed by atoms with van der Waals surface area (Å²) in [5.74, 6) is 0. The molecule has 1 nitrogen and oxygen atoms in total. The van der Waals surface area contributed by atoms with Crippen LogP contribution in [0.2, 0.25) is 0 Å². The SMILES string of the molecule is CC1(C)c2ccccc2-c2ccc(Cc3ccc(-n4c5ccccc5c5ccccc54)cc3)cc21. The first kappa shape index (κ1) is 20.3. The Labute approximate surface area is 206 Å². The average Bonchev–Trinajstić information content (AvgIpc) is 3.34. The summed E-state index contributed by atoms with van der Waals surface area (Å²) in [6, 6.07) is 42.4. The number of nitrogens with zero attached hydrogens (tertiary/aromatic N) is 1. The summed E-state index contributed by atoms with van der Waals surface area (Å²) in [4.78, 5) is 0. The van der Waals surface area contributed by atoms with Crippen LogP contribution in [0.15, 0.2) is 115 Å². The maximum Gasteiger partial charge on any atom is 0.0541 e. The third kappa shape index (κ3) is 3.01. The topological polar surface area (TPSA) is 4.93 Å². The fourth-order valence-corrected chi connectivity index (χ4v) is 6.06. The number of hydrogen-bond donors (Lipinski definition) is 0. The average molecular weight is 450 g/mol. The zero-order valence-electron chi connectivity index (χ0n) is 20.1. The fourth-order valence-electron chi connectivity index (χ4n) is 6.06. The quantitative estimate of drug-likeness (QED) is 0.255. The van der Waals surface area contributed by atoms with Crippen molar-refractivity contribution in [2.24, 2.45) is 0 Å². The Hall–Kier alpha value is -4.10. The minimum atomic E-state index is 0.0440. The van der Waals surface area contributed by atoms with E-state index in [-0.39, 0.29) is 5.41 Å². The Morgan fingerprint density at radius 2 is 1.11 bits per heavy atom. The van der Waals surface area contributed by atoms with Crippen LogP contribution in [0, 0.1) is 0 Å². The van der Waals surface area contributed by atoms with Gasteiger partial charge in [-0.2, -0.15) is 0 Å². The Balaban J connectivity index is 1.24. The lowest BCUT2D eigenvalue weighted by molar-refractivity contribution is 0.659. The van der Waals surface area contributed by atoms with E-state index in [0.29, 0.717) is 0 Å². The number of fused-ring (bicyclic) bond motifs is 6. The number of benzene rings is 5. The van der Waals surface area contributed by atoms with Gasteiger partial charge in [-0.25, -0.2) is 0 Å². The van der Waals surface area contributed by atoms with Crippen LogP contribution >= 0.6 is 0 Å². The predicted molar refractivity (Wildman–Crippen MR) is 148 cm³/mol. The molecule has 1 aliphatic carbocycles. The number of rotatable bonds is 3. The largest absolute Gasteiger partial charge is 0.309 e. The van der Waals surface area contributed by atoms with Crippen LogP contribution in [0.4, 0.5) is 0 Å². The molecule has 1 aromatic heterocycles. The summed E-state index contributed by atoms with van der Waals surface area (Å²) in [6.45, 7) is 4.70. The van der Waals surface area contributed by atoms with E-state index in [1.165, 1.54) is 60.9 Å². The van der Waals surface area contributed by atoms with Gasteiger partial charge in [-0.3, -0.25) is 0 Å². The third-order valence-electron chi connectivity index (χ3n) is 7.83. The van der Waals surface area contributed by atoms with Crippen molar-refractivity contribution in [2.75, 3.05) is 0 Å². The molecule has 0 saturated heterocycles. The van der Waals surface area contributed by atoms with Crippen molar-refractivity contribution in [3.8, 4) is 16.8 Å². The number of para-hydroxylation sites is 2. The first-order chi connectivity index (χ1) is 17.1. The Bertz CT molecular complexity index is 1680. The van der Waals surface area contributed by atoms with Crippen molar-refractivity contribution >= 4 is 21.8 Å². The van der Waals surface area contributed by atoms with Crippen LogP contribution < -0.4 is 0 Å². The second-order valence-electron chi connectivity index (χ2n) is 10.3. The smallest absolute Gasteiger partial charge is 0.0541 e. The first-order valence-electron chi connectivity index (χ1n) is 12.4. The zero-order chi connectivity index (χ0) is 23.6. The highest BCUT2D eigenvalue weighted by Crippen LogP contribution is 2.48. The van der Waals surface area contributed by atoms with Crippen LogP contribution in [0.25, 0.3) is 38.6 Å². The van der Waals surface area contributed by atoms with E-state index in [9.17, 15) is 0 Å². The molecule has 1 heteroatoms. The molecular formula is C34H27N. The van der Waals surface area contributed by atoms with Crippen LogP contribution in [0.5, 0.6) is 0 Å². The summed E-state index contributed by atoms with van der Waals surface area (Å²) >= 11 is 0. The molecule has 1 heterocycles. The standard InChI is InChI=1S/C34H27N/c1-34(2)30-12-6-3-9-26(30)27-20-17-24(22-31(27)34)21-23-15-18-25(19-16-23)35-32-13-7-4-10-28(32)29-11-5-8-14-33(29)35/h3-20,22H,21H2,1-2H3. The van der Waals surface area contributed by atoms with Gasteiger partial charge in [0.15, 0.2) is 0 Å². The Morgan fingerprint density at radius 1 is 0.543 bits per heavy atom. The minimum absolute atomic E-state index is 0.0440. The first-order valence-corrected chi connectivity index (χ1v) is 12.4. The molecular weight excluding hydrogens is 422 g/mol. The molecule has 168 valence electrons. The van der Waals surface area contributed by atoms with Crippen LogP contribution in [0.1, 0.15) is 36.1 Å². The lowest BCUT2D eigenvalue weighted by atomic mass is 9.81. The maximum atomic E-state index is 2.43. The van der Waals surface area contributed by atoms with Gasteiger partial charge in [0.2, 0.25) is 0 Å². The van der Waals surface area contributed by atoms with E-state index in [1.54, 1.807) is 0 Å². The minimum Gasteiger partial charge on any atom is -0.309 e. The second-order valence-corrected chi connectivity index (χ2v) is 10.3. The molecule has 6 aromatic rings. The molecule has 0 aliphatic heterocycles. The van der Waals surface area contributed by atoms with Crippen LogP contribution in [0.3, 0.4) is 0 Å². The molecule has 0 saturated carbocycles. The fraction of sp³-hybridized carbons (Fsp3) is 0.118. The summed E-state index contributed by atoms with van der Waals surface area (Å²) in [5, 5.41) is 2.60. The van der Waals surface area contributed by atoms with Gasteiger partial charge >= 0.3 is 0 Å². The molecule has 35 heavy (non-hydrogen) atoms. The summed E-state index contributed by atoms with van der Waals surface area (Å²) in [6.07, 6.45) is 0.938. The molecule has 0 atom stereocenters. The highest BCUT2D eigenvalue weighted by molar-refractivity contribution is 6.09. The van der Waals surface area contributed by atoms with Gasteiger partial charge in [0.05, 0.1) is 11.0 Å². The van der Waals surface area contributed by atoms with E-state index in [4.69, 9.17) is 0 Å². The molecule has 1 aliphatic rings. The van der Waals surface area contributed by atoms with E-state index in [1.807, 2.05) is 0 Å². The summed E-state index contributed by atoms with van der Waals surface area (Å²) < 4.78 is 2.38. The third-order valence-corrected chi connectivity index (χ3v) is 7.83. The molecule has 0 amide bonds. The van der Waals surface area contributed by atoms with E-state index in [0.717, 1.165) is 6.42 Å². The highest BCUT2D eigenvalue weighted by atomic mass is 15.0. The Morgan fingerprint density at radius 3 is 1.83 bits per heavy atom. The monoisotopic (exact) mass is 449 g/mol. The van der Waals surface area contributed by atoms with E-state index < -0.39 is 0 Å². The van der Waals surface area contributed by atoms with Crippen LogP contribution in [-0.4, -0.2) is 4.57 Å². The summed E-state index contributed by atoms with van der Waals surface area (Å²) in [7, 11) is 0. The molecule has 7 rings (SSSR count). The van der Waals surface area contributed by atoms with Gasteiger partial charge in [-0.1, -0.05) is 105 Å². The zero-order valence-corrected chi connectivity index (χ0v) is 20.1.